The molecule has 8 aromatic carbocycles. The summed E-state index contributed by atoms with van der Waals surface area (Å²) in [4.78, 5) is 8.14. The summed E-state index contributed by atoms with van der Waals surface area (Å²) in [6, 6.07) is 61.9. The normalized spacial score (nSPS) is 12.5. The number of aromatic nitrogens is 3. The molecule has 0 N–H and O–H groups in total. The molecule has 0 amide bonds. The van der Waals surface area contributed by atoms with Crippen molar-refractivity contribution in [3.05, 3.63) is 170 Å². The molecule has 13 aromatic rings. The molecule has 0 saturated heterocycles. The summed E-state index contributed by atoms with van der Waals surface area (Å²) in [6.07, 6.45) is 0. The van der Waals surface area contributed by atoms with Crippen molar-refractivity contribution in [1.29, 1.82) is 0 Å². The van der Waals surface area contributed by atoms with E-state index >= 15 is 0 Å². The van der Waals surface area contributed by atoms with Gasteiger partial charge in [0.15, 0.2) is 0 Å². The minimum Gasteiger partial charge on any atom is -0.308 e. The van der Waals surface area contributed by atoms with Gasteiger partial charge in [-0.2, -0.15) is 0 Å². The van der Waals surface area contributed by atoms with Crippen LogP contribution in [0, 0.1) is 0 Å². The first-order chi connectivity index (χ1) is 26.3. The monoisotopic (exact) mass is 672 g/mol. The van der Waals surface area contributed by atoms with Crippen molar-refractivity contribution in [3.8, 4) is 0 Å². The number of hydrogen-bond donors (Lipinski definition) is 0. The number of anilines is 3. The SMILES string of the molecule is c1ccc(N(c2ccccc2)c2cccc3c4cc5ccccc5c5c6cc7c(nc6n(c23)c45)c2cccc3c4cc5ccccc5cc4n7c32)cc1. The first-order valence-corrected chi connectivity index (χ1v) is 18.2. The maximum absolute atomic E-state index is 5.75. The fourth-order valence-corrected chi connectivity index (χ4v) is 9.52. The second-order valence-electron chi connectivity index (χ2n) is 14.4. The molecule has 0 atom stereocenters. The smallest absolute Gasteiger partial charge is 0.146 e. The number of pyridine rings is 1. The van der Waals surface area contributed by atoms with E-state index in [4.69, 9.17) is 4.98 Å². The Morgan fingerprint density at radius 1 is 0.377 bits per heavy atom. The second kappa shape index (κ2) is 9.78. The van der Waals surface area contributed by atoms with Crippen molar-refractivity contribution in [2.45, 2.75) is 0 Å². The topological polar surface area (TPSA) is 25.0 Å². The molecule has 53 heavy (non-hydrogen) atoms. The van der Waals surface area contributed by atoms with Gasteiger partial charge in [-0.05, 0) is 76.1 Å². The van der Waals surface area contributed by atoms with Crippen molar-refractivity contribution < 1.29 is 0 Å². The molecule has 0 spiro atoms. The van der Waals surface area contributed by atoms with Gasteiger partial charge in [-0.1, -0.05) is 115 Å². The molecule has 0 fully saturated rings. The lowest BCUT2D eigenvalue weighted by atomic mass is 10.0. The van der Waals surface area contributed by atoms with Crippen LogP contribution in [0.5, 0.6) is 0 Å². The number of nitrogens with zero attached hydrogens (tertiary/aromatic N) is 4. The van der Waals surface area contributed by atoms with Gasteiger partial charge in [0.25, 0.3) is 0 Å². The first-order valence-electron chi connectivity index (χ1n) is 18.2. The molecule has 0 bridgehead atoms. The van der Waals surface area contributed by atoms with Gasteiger partial charge < -0.3 is 9.30 Å². The van der Waals surface area contributed by atoms with E-state index in [9.17, 15) is 0 Å². The fourth-order valence-electron chi connectivity index (χ4n) is 9.52. The van der Waals surface area contributed by atoms with Gasteiger partial charge in [-0.15, -0.1) is 0 Å². The van der Waals surface area contributed by atoms with Crippen molar-refractivity contribution in [2.75, 3.05) is 4.90 Å². The van der Waals surface area contributed by atoms with Crippen LogP contribution in [0.4, 0.5) is 17.1 Å². The van der Waals surface area contributed by atoms with E-state index in [0.29, 0.717) is 0 Å². The Labute approximate surface area is 302 Å². The third-order valence-electron chi connectivity index (χ3n) is 11.7. The van der Waals surface area contributed by atoms with Gasteiger partial charge in [0.2, 0.25) is 0 Å². The Morgan fingerprint density at radius 2 is 0.981 bits per heavy atom. The average Bonchev–Trinajstić information content (AvgIpc) is 3.93. The minimum absolute atomic E-state index is 0.987. The lowest BCUT2D eigenvalue weighted by Gasteiger charge is -2.26. The number of para-hydroxylation sites is 4. The van der Waals surface area contributed by atoms with Gasteiger partial charge in [0.1, 0.15) is 5.65 Å². The first kappa shape index (κ1) is 27.5. The average molecular weight is 673 g/mol. The van der Waals surface area contributed by atoms with Crippen LogP contribution < -0.4 is 4.90 Å². The molecular weight excluding hydrogens is 645 g/mol. The molecule has 4 heteroatoms. The molecule has 244 valence electrons. The van der Waals surface area contributed by atoms with Crippen LogP contribution >= 0.6 is 0 Å². The molecule has 0 unspecified atom stereocenters. The maximum atomic E-state index is 5.75. The molecule has 0 aliphatic rings. The zero-order valence-corrected chi connectivity index (χ0v) is 28.5. The summed E-state index contributed by atoms with van der Waals surface area (Å²) < 4.78 is 4.94. The van der Waals surface area contributed by atoms with Crippen LogP contribution in [0.3, 0.4) is 0 Å². The zero-order valence-electron chi connectivity index (χ0n) is 28.5. The molecule has 13 rings (SSSR count). The Hall–Kier alpha value is -7.17. The Balaban J connectivity index is 1.25. The van der Waals surface area contributed by atoms with Crippen LogP contribution in [0.25, 0.3) is 98.0 Å². The van der Waals surface area contributed by atoms with Gasteiger partial charge in [-0.25, -0.2) is 4.98 Å². The molecule has 0 radical (unpaired) electrons. The van der Waals surface area contributed by atoms with E-state index in [2.05, 4.69) is 184 Å². The van der Waals surface area contributed by atoms with Crippen molar-refractivity contribution in [3.63, 3.8) is 0 Å². The molecule has 0 aliphatic carbocycles. The van der Waals surface area contributed by atoms with Crippen molar-refractivity contribution in [2.24, 2.45) is 0 Å². The van der Waals surface area contributed by atoms with E-state index < -0.39 is 0 Å². The minimum atomic E-state index is 0.987. The van der Waals surface area contributed by atoms with Gasteiger partial charge in [0, 0.05) is 49.1 Å². The molecule has 5 aromatic heterocycles. The predicted octanol–water partition coefficient (Wildman–Crippen LogP) is 13.2. The van der Waals surface area contributed by atoms with E-state index in [1.165, 1.54) is 75.8 Å². The van der Waals surface area contributed by atoms with Gasteiger partial charge in [0.05, 0.1) is 38.8 Å². The molecule has 4 nitrogen and oxygen atoms in total. The highest BCUT2D eigenvalue weighted by atomic mass is 15.2. The van der Waals surface area contributed by atoms with Crippen LogP contribution in [0.2, 0.25) is 0 Å². The number of rotatable bonds is 3. The van der Waals surface area contributed by atoms with Crippen molar-refractivity contribution >= 4 is 115 Å². The van der Waals surface area contributed by atoms with Crippen LogP contribution in [-0.4, -0.2) is 13.8 Å². The third-order valence-corrected chi connectivity index (χ3v) is 11.7. The van der Waals surface area contributed by atoms with Crippen LogP contribution in [0.15, 0.2) is 170 Å². The Bertz CT molecular complexity index is 3580. The molecule has 0 aliphatic heterocycles. The van der Waals surface area contributed by atoms with Gasteiger partial charge in [-0.3, -0.25) is 4.40 Å². The molecule has 0 saturated carbocycles. The summed E-state index contributed by atoms with van der Waals surface area (Å²) in [5.74, 6) is 0. The van der Waals surface area contributed by atoms with Gasteiger partial charge >= 0.3 is 0 Å². The standard InChI is InChI=1S/C49H28N4/c1-3-16-32(17-4-1)51(33-18-5-2-6-19-33)41-24-12-22-36-39-26-31-15-9-10-20-34(31)44-40-28-43-45(50-49(40)53(47(36)41)48(39)44)37-23-11-21-35-38-25-29-13-7-8-14-30(29)27-42(38)52(43)46(35)37/h1-28H. The highest BCUT2D eigenvalue weighted by Gasteiger charge is 2.27. The van der Waals surface area contributed by atoms with Crippen LogP contribution in [0.1, 0.15) is 0 Å². The van der Waals surface area contributed by atoms with E-state index in [-0.39, 0.29) is 0 Å². The number of benzene rings is 8. The highest BCUT2D eigenvalue weighted by Crippen LogP contribution is 2.49. The Morgan fingerprint density at radius 3 is 1.75 bits per heavy atom. The van der Waals surface area contributed by atoms with E-state index in [0.717, 1.165) is 39.3 Å². The summed E-state index contributed by atoms with van der Waals surface area (Å²) >= 11 is 0. The second-order valence-corrected chi connectivity index (χ2v) is 14.4. The molecule has 5 heterocycles. The molecular formula is C49H28N4. The lowest BCUT2D eigenvalue weighted by Crippen LogP contribution is -2.10. The number of hydrogen-bond acceptors (Lipinski definition) is 2. The summed E-state index contributed by atoms with van der Waals surface area (Å²) in [5, 5.41) is 13.6. The van der Waals surface area contributed by atoms with Crippen molar-refractivity contribution in [1.82, 2.24) is 13.8 Å². The fraction of sp³-hybridized carbons (Fsp3) is 0. The summed E-state index contributed by atoms with van der Waals surface area (Å²) in [5.41, 5.74) is 11.4. The highest BCUT2D eigenvalue weighted by molar-refractivity contribution is 6.33. The maximum Gasteiger partial charge on any atom is 0.146 e. The van der Waals surface area contributed by atoms with E-state index in [1.54, 1.807) is 0 Å². The predicted molar refractivity (Wildman–Crippen MR) is 223 cm³/mol. The van der Waals surface area contributed by atoms with Crippen LogP contribution in [-0.2, 0) is 0 Å². The largest absolute Gasteiger partial charge is 0.308 e. The lowest BCUT2D eigenvalue weighted by molar-refractivity contribution is 1.25. The summed E-state index contributed by atoms with van der Waals surface area (Å²) in [6.45, 7) is 0. The Kier molecular flexibility index (Phi) is 5.08. The number of fused-ring (bicyclic) bond motifs is 15. The quantitative estimate of drug-likeness (QED) is 0.187. The zero-order chi connectivity index (χ0) is 34.4. The third kappa shape index (κ3) is 3.43. The van der Waals surface area contributed by atoms with E-state index in [1.807, 2.05) is 0 Å². The summed E-state index contributed by atoms with van der Waals surface area (Å²) in [7, 11) is 0.